The molecular formula is C24H28ClFN2O2. The molecule has 1 atom stereocenters. The van der Waals surface area contributed by atoms with E-state index in [1.165, 1.54) is 12.1 Å². The molecule has 0 aliphatic heterocycles. The van der Waals surface area contributed by atoms with Crippen LogP contribution < -0.4 is 5.32 Å². The van der Waals surface area contributed by atoms with E-state index in [0.717, 1.165) is 31.2 Å². The van der Waals surface area contributed by atoms with Crippen LogP contribution in [0.15, 0.2) is 48.5 Å². The molecule has 1 unspecified atom stereocenters. The second-order valence-electron chi connectivity index (χ2n) is 7.80. The summed E-state index contributed by atoms with van der Waals surface area (Å²) in [6.07, 6.45) is 4.45. The maximum atomic E-state index is 14.3. The van der Waals surface area contributed by atoms with E-state index in [9.17, 15) is 14.0 Å². The standard InChI is InChI=1S/C24H28ClFN2O2/c1-2-22(24(30)27-18-11-6-7-12-18)28(16-17-9-4-3-5-10-17)23(29)15-19-20(25)13-8-14-21(19)26/h3-5,8-10,13-14,18,22H,2,6-7,11-12,15-16H2,1H3,(H,27,30). The van der Waals surface area contributed by atoms with Gasteiger partial charge in [-0.2, -0.15) is 0 Å². The van der Waals surface area contributed by atoms with E-state index in [1.54, 1.807) is 11.0 Å². The van der Waals surface area contributed by atoms with Crippen LogP contribution in [0.5, 0.6) is 0 Å². The average molecular weight is 431 g/mol. The van der Waals surface area contributed by atoms with E-state index >= 15 is 0 Å². The Balaban J connectivity index is 1.84. The molecule has 1 saturated carbocycles. The summed E-state index contributed by atoms with van der Waals surface area (Å²) in [6.45, 7) is 2.17. The van der Waals surface area contributed by atoms with Crippen molar-refractivity contribution in [1.29, 1.82) is 0 Å². The number of carbonyl (C=O) groups excluding carboxylic acids is 2. The largest absolute Gasteiger partial charge is 0.352 e. The van der Waals surface area contributed by atoms with E-state index in [-0.39, 0.29) is 41.4 Å². The normalized spacial score (nSPS) is 15.0. The molecular weight excluding hydrogens is 403 g/mol. The highest BCUT2D eigenvalue weighted by Crippen LogP contribution is 2.23. The minimum Gasteiger partial charge on any atom is -0.352 e. The number of hydrogen-bond donors (Lipinski definition) is 1. The third kappa shape index (κ3) is 5.60. The molecule has 3 rings (SSSR count). The lowest BCUT2D eigenvalue weighted by atomic mass is 10.1. The smallest absolute Gasteiger partial charge is 0.243 e. The molecule has 4 nitrogen and oxygen atoms in total. The number of nitrogens with zero attached hydrogens (tertiary/aromatic N) is 1. The zero-order valence-corrected chi connectivity index (χ0v) is 18.0. The molecule has 0 bridgehead atoms. The van der Waals surface area contributed by atoms with Gasteiger partial charge in [-0.3, -0.25) is 9.59 Å². The molecule has 2 aromatic carbocycles. The Morgan fingerprint density at radius 3 is 2.47 bits per heavy atom. The monoisotopic (exact) mass is 430 g/mol. The molecule has 1 aliphatic carbocycles. The van der Waals surface area contributed by atoms with Crippen molar-refractivity contribution < 1.29 is 14.0 Å². The quantitative estimate of drug-likeness (QED) is 0.648. The van der Waals surface area contributed by atoms with Gasteiger partial charge in [0.25, 0.3) is 0 Å². The molecule has 6 heteroatoms. The predicted molar refractivity (Wildman–Crippen MR) is 117 cm³/mol. The van der Waals surface area contributed by atoms with Crippen molar-refractivity contribution in [2.45, 2.75) is 64.1 Å². The van der Waals surface area contributed by atoms with Crippen LogP contribution in [-0.2, 0) is 22.6 Å². The first-order valence-electron chi connectivity index (χ1n) is 10.6. The van der Waals surface area contributed by atoms with Crippen molar-refractivity contribution in [1.82, 2.24) is 10.2 Å². The molecule has 0 aromatic heterocycles. The first-order chi connectivity index (χ1) is 14.5. The van der Waals surface area contributed by atoms with Gasteiger partial charge in [-0.15, -0.1) is 0 Å². The van der Waals surface area contributed by atoms with E-state index in [0.29, 0.717) is 6.42 Å². The zero-order valence-electron chi connectivity index (χ0n) is 17.2. The van der Waals surface area contributed by atoms with Crippen molar-refractivity contribution in [2.75, 3.05) is 0 Å². The minimum absolute atomic E-state index is 0.145. The van der Waals surface area contributed by atoms with Crippen molar-refractivity contribution in [2.24, 2.45) is 0 Å². The molecule has 2 amide bonds. The van der Waals surface area contributed by atoms with E-state index < -0.39 is 11.9 Å². The Hall–Kier alpha value is -2.40. The van der Waals surface area contributed by atoms with Crippen LogP contribution in [0.3, 0.4) is 0 Å². The van der Waals surface area contributed by atoms with Crippen LogP contribution in [0.2, 0.25) is 5.02 Å². The average Bonchev–Trinajstić information content (AvgIpc) is 3.24. The maximum absolute atomic E-state index is 14.3. The number of benzene rings is 2. The fourth-order valence-electron chi connectivity index (χ4n) is 4.02. The lowest BCUT2D eigenvalue weighted by Gasteiger charge is -2.31. The number of halogens is 2. The summed E-state index contributed by atoms with van der Waals surface area (Å²) < 4.78 is 14.3. The second kappa shape index (κ2) is 10.6. The van der Waals surface area contributed by atoms with Gasteiger partial charge in [-0.05, 0) is 37.0 Å². The molecule has 30 heavy (non-hydrogen) atoms. The molecule has 160 valence electrons. The lowest BCUT2D eigenvalue weighted by Crippen LogP contribution is -2.51. The van der Waals surface area contributed by atoms with Gasteiger partial charge in [-0.25, -0.2) is 4.39 Å². The maximum Gasteiger partial charge on any atom is 0.243 e. The van der Waals surface area contributed by atoms with Gasteiger partial charge in [0.05, 0.1) is 6.42 Å². The number of nitrogens with one attached hydrogen (secondary N) is 1. The minimum atomic E-state index is -0.621. The Bertz CT molecular complexity index is 849. The molecule has 1 fully saturated rings. The molecule has 1 N–H and O–H groups in total. The Labute approximate surface area is 182 Å². The van der Waals surface area contributed by atoms with Crippen LogP contribution >= 0.6 is 11.6 Å². The van der Waals surface area contributed by atoms with Gasteiger partial charge in [0.2, 0.25) is 11.8 Å². The van der Waals surface area contributed by atoms with Crippen LogP contribution in [0.1, 0.15) is 50.2 Å². The van der Waals surface area contributed by atoms with E-state index in [4.69, 9.17) is 11.6 Å². The fourth-order valence-corrected chi connectivity index (χ4v) is 4.25. The lowest BCUT2D eigenvalue weighted by molar-refractivity contribution is -0.141. The van der Waals surface area contributed by atoms with Gasteiger partial charge >= 0.3 is 0 Å². The fraction of sp³-hybridized carbons (Fsp3) is 0.417. The molecule has 0 heterocycles. The summed E-state index contributed by atoms with van der Waals surface area (Å²) in [5.41, 5.74) is 1.07. The molecule has 2 aromatic rings. The van der Waals surface area contributed by atoms with Crippen LogP contribution in [0.25, 0.3) is 0 Å². The van der Waals surface area contributed by atoms with Gasteiger partial charge in [0, 0.05) is 23.2 Å². The summed E-state index contributed by atoms with van der Waals surface area (Å²) in [4.78, 5) is 27.9. The van der Waals surface area contributed by atoms with Crippen LogP contribution in [-0.4, -0.2) is 28.8 Å². The highest BCUT2D eigenvalue weighted by atomic mass is 35.5. The SMILES string of the molecule is CCC(C(=O)NC1CCCC1)N(Cc1ccccc1)C(=O)Cc1c(F)cccc1Cl. The van der Waals surface area contributed by atoms with Crippen molar-refractivity contribution in [3.8, 4) is 0 Å². The molecule has 0 saturated heterocycles. The highest BCUT2D eigenvalue weighted by molar-refractivity contribution is 6.31. The van der Waals surface area contributed by atoms with Crippen LogP contribution in [0.4, 0.5) is 4.39 Å². The first kappa shape index (κ1) is 22.3. The zero-order chi connectivity index (χ0) is 21.5. The van der Waals surface area contributed by atoms with Crippen molar-refractivity contribution >= 4 is 23.4 Å². The highest BCUT2D eigenvalue weighted by Gasteiger charge is 2.31. The number of hydrogen-bond acceptors (Lipinski definition) is 2. The van der Waals surface area contributed by atoms with Gasteiger partial charge < -0.3 is 10.2 Å². The number of amides is 2. The molecule has 1 aliphatic rings. The molecule has 0 spiro atoms. The van der Waals surface area contributed by atoms with Gasteiger partial charge in [-0.1, -0.05) is 67.8 Å². The third-order valence-electron chi connectivity index (χ3n) is 5.67. The Kier molecular flexibility index (Phi) is 7.86. The first-order valence-corrected chi connectivity index (χ1v) is 10.9. The number of carbonyl (C=O) groups is 2. The van der Waals surface area contributed by atoms with Crippen molar-refractivity contribution in [3.05, 3.63) is 70.5 Å². The van der Waals surface area contributed by atoms with Gasteiger partial charge in [0.1, 0.15) is 11.9 Å². The number of rotatable bonds is 8. The predicted octanol–water partition coefficient (Wildman–Crippen LogP) is 4.89. The summed E-state index contributed by atoms with van der Waals surface area (Å²) in [5, 5.41) is 3.32. The third-order valence-corrected chi connectivity index (χ3v) is 6.03. The van der Waals surface area contributed by atoms with E-state index in [2.05, 4.69) is 5.32 Å². The summed E-state index contributed by atoms with van der Waals surface area (Å²) in [5.74, 6) is -0.980. The Morgan fingerprint density at radius 1 is 1.13 bits per heavy atom. The van der Waals surface area contributed by atoms with Crippen LogP contribution in [0, 0.1) is 5.82 Å². The Morgan fingerprint density at radius 2 is 1.83 bits per heavy atom. The van der Waals surface area contributed by atoms with Gasteiger partial charge in [0.15, 0.2) is 0 Å². The van der Waals surface area contributed by atoms with E-state index in [1.807, 2.05) is 37.3 Å². The second-order valence-corrected chi connectivity index (χ2v) is 8.21. The molecule has 0 radical (unpaired) electrons. The summed E-state index contributed by atoms with van der Waals surface area (Å²) in [6, 6.07) is 13.4. The van der Waals surface area contributed by atoms with Crippen molar-refractivity contribution in [3.63, 3.8) is 0 Å². The summed E-state index contributed by atoms with van der Waals surface area (Å²) in [7, 11) is 0. The summed E-state index contributed by atoms with van der Waals surface area (Å²) >= 11 is 6.14. The topological polar surface area (TPSA) is 49.4 Å².